The SMILES string of the molecule is [N-]=[N+]=NCCCNC(C(=O)O)c1cc(Br)cs1. The summed E-state index contributed by atoms with van der Waals surface area (Å²) in [5.41, 5.74) is 8.08. The molecule has 0 aliphatic heterocycles. The van der Waals surface area contributed by atoms with E-state index in [4.69, 9.17) is 10.6 Å². The molecule has 8 heteroatoms. The van der Waals surface area contributed by atoms with Crippen molar-refractivity contribution in [1.29, 1.82) is 0 Å². The predicted molar refractivity (Wildman–Crippen MR) is 69.0 cm³/mol. The van der Waals surface area contributed by atoms with Gasteiger partial charge in [0.2, 0.25) is 0 Å². The molecule has 0 bridgehead atoms. The van der Waals surface area contributed by atoms with Crippen LogP contribution in [0.5, 0.6) is 0 Å². The molecule has 1 aromatic rings. The maximum atomic E-state index is 11.1. The Morgan fingerprint density at radius 3 is 3.06 bits per heavy atom. The van der Waals surface area contributed by atoms with Gasteiger partial charge in [0.25, 0.3) is 0 Å². The van der Waals surface area contributed by atoms with Gasteiger partial charge in [-0.25, -0.2) is 0 Å². The second-order valence-corrected chi connectivity index (χ2v) is 5.06. The van der Waals surface area contributed by atoms with Crippen molar-refractivity contribution in [3.63, 3.8) is 0 Å². The first-order chi connectivity index (χ1) is 8.15. The molecule has 1 unspecified atom stereocenters. The summed E-state index contributed by atoms with van der Waals surface area (Å²) in [4.78, 5) is 14.4. The monoisotopic (exact) mass is 318 g/mol. The van der Waals surface area contributed by atoms with E-state index in [0.717, 1.165) is 9.35 Å². The van der Waals surface area contributed by atoms with Crippen LogP contribution in [0.25, 0.3) is 10.4 Å². The summed E-state index contributed by atoms with van der Waals surface area (Å²) >= 11 is 4.67. The minimum atomic E-state index is -0.914. The summed E-state index contributed by atoms with van der Waals surface area (Å²) in [5, 5.41) is 17.2. The molecule has 17 heavy (non-hydrogen) atoms. The van der Waals surface area contributed by atoms with Gasteiger partial charge in [0, 0.05) is 26.2 Å². The summed E-state index contributed by atoms with van der Waals surface area (Å²) in [7, 11) is 0. The fraction of sp³-hybridized carbons (Fsp3) is 0.444. The van der Waals surface area contributed by atoms with Crippen molar-refractivity contribution < 1.29 is 9.90 Å². The lowest BCUT2D eigenvalue weighted by Crippen LogP contribution is -2.28. The average molecular weight is 319 g/mol. The van der Waals surface area contributed by atoms with Crippen molar-refractivity contribution in [3.8, 4) is 0 Å². The summed E-state index contributed by atoms with van der Waals surface area (Å²) in [6.45, 7) is 0.857. The molecule has 0 saturated carbocycles. The first-order valence-corrected chi connectivity index (χ1v) is 6.53. The molecule has 0 saturated heterocycles. The normalized spacial score (nSPS) is 11.8. The molecule has 0 aliphatic carbocycles. The van der Waals surface area contributed by atoms with Gasteiger partial charge in [-0.15, -0.1) is 11.3 Å². The third kappa shape index (κ3) is 4.74. The van der Waals surface area contributed by atoms with E-state index < -0.39 is 12.0 Å². The number of carboxylic acids is 1. The van der Waals surface area contributed by atoms with Gasteiger partial charge in [-0.3, -0.25) is 4.79 Å². The number of hydrogen-bond donors (Lipinski definition) is 2. The zero-order chi connectivity index (χ0) is 12.7. The highest BCUT2D eigenvalue weighted by Crippen LogP contribution is 2.25. The molecule has 92 valence electrons. The number of nitrogens with zero attached hydrogens (tertiary/aromatic N) is 3. The van der Waals surface area contributed by atoms with Crippen molar-refractivity contribution in [2.45, 2.75) is 12.5 Å². The Hall–Kier alpha value is -1.08. The summed E-state index contributed by atoms with van der Waals surface area (Å²) in [6, 6.07) is 1.07. The van der Waals surface area contributed by atoms with Crippen LogP contribution in [-0.2, 0) is 4.79 Å². The van der Waals surface area contributed by atoms with Crippen molar-refractivity contribution in [3.05, 3.63) is 31.2 Å². The molecule has 6 nitrogen and oxygen atoms in total. The lowest BCUT2D eigenvalue weighted by Gasteiger charge is -2.11. The Kier molecular flexibility index (Phi) is 5.99. The standard InChI is InChI=1S/C9H11BrN4O2S/c10-6-4-7(17-5-6)8(9(15)16)12-2-1-3-13-14-11/h4-5,8,12H,1-3H2,(H,15,16). The topological polar surface area (TPSA) is 98.1 Å². The second kappa shape index (κ2) is 7.29. The Morgan fingerprint density at radius 1 is 1.76 bits per heavy atom. The molecule has 0 fully saturated rings. The lowest BCUT2D eigenvalue weighted by molar-refractivity contribution is -0.139. The Labute approximate surface area is 110 Å². The largest absolute Gasteiger partial charge is 0.480 e. The number of azide groups is 1. The predicted octanol–water partition coefficient (Wildman–Crippen LogP) is 2.93. The van der Waals surface area contributed by atoms with Crippen LogP contribution in [0.4, 0.5) is 0 Å². The third-order valence-electron chi connectivity index (χ3n) is 1.97. The maximum absolute atomic E-state index is 11.1. The van der Waals surface area contributed by atoms with Gasteiger partial charge in [0.15, 0.2) is 0 Å². The van der Waals surface area contributed by atoms with Crippen LogP contribution < -0.4 is 5.32 Å². The number of aliphatic carboxylic acids is 1. The molecule has 1 rings (SSSR count). The summed E-state index contributed by atoms with van der Waals surface area (Å²) in [5.74, 6) is -0.914. The van der Waals surface area contributed by atoms with Crippen molar-refractivity contribution in [1.82, 2.24) is 5.32 Å². The molecule has 1 heterocycles. The van der Waals surface area contributed by atoms with E-state index in [0.29, 0.717) is 19.5 Å². The van der Waals surface area contributed by atoms with Gasteiger partial charge in [0.1, 0.15) is 6.04 Å². The number of halogens is 1. The van der Waals surface area contributed by atoms with E-state index in [9.17, 15) is 4.79 Å². The lowest BCUT2D eigenvalue weighted by atomic mass is 10.2. The van der Waals surface area contributed by atoms with Crippen LogP contribution in [0, 0.1) is 0 Å². The van der Waals surface area contributed by atoms with E-state index in [-0.39, 0.29) is 0 Å². The molecular weight excluding hydrogens is 308 g/mol. The van der Waals surface area contributed by atoms with E-state index >= 15 is 0 Å². The number of nitrogens with one attached hydrogen (secondary N) is 1. The maximum Gasteiger partial charge on any atom is 0.326 e. The fourth-order valence-corrected chi connectivity index (χ4v) is 2.74. The molecule has 0 aromatic carbocycles. The van der Waals surface area contributed by atoms with E-state index in [1.165, 1.54) is 11.3 Å². The molecule has 0 aliphatic rings. The molecule has 2 N–H and O–H groups in total. The summed E-state index contributed by atoms with van der Waals surface area (Å²) < 4.78 is 0.875. The number of rotatable bonds is 7. The molecule has 0 spiro atoms. The van der Waals surface area contributed by atoms with Crippen LogP contribution in [0.1, 0.15) is 17.3 Å². The van der Waals surface area contributed by atoms with Crippen molar-refractivity contribution >= 4 is 33.2 Å². The molecular formula is C9H11BrN4O2S. The van der Waals surface area contributed by atoms with Gasteiger partial charge >= 0.3 is 5.97 Å². The van der Waals surface area contributed by atoms with E-state index in [2.05, 4.69) is 31.3 Å². The highest BCUT2D eigenvalue weighted by Gasteiger charge is 2.20. The quantitative estimate of drug-likeness (QED) is 0.350. The number of carbonyl (C=O) groups is 1. The minimum absolute atomic E-state index is 0.365. The summed E-state index contributed by atoms with van der Waals surface area (Å²) in [6.07, 6.45) is 0.611. The van der Waals surface area contributed by atoms with Gasteiger partial charge in [-0.05, 0) is 40.5 Å². The average Bonchev–Trinajstić information content (AvgIpc) is 2.69. The van der Waals surface area contributed by atoms with Crippen LogP contribution in [-0.4, -0.2) is 24.2 Å². The van der Waals surface area contributed by atoms with E-state index in [1.807, 2.05) is 5.38 Å². The van der Waals surface area contributed by atoms with Crippen LogP contribution in [0.15, 0.2) is 21.0 Å². The van der Waals surface area contributed by atoms with Gasteiger partial charge in [-0.2, -0.15) is 0 Å². The number of hydrogen-bond acceptors (Lipinski definition) is 4. The highest BCUT2D eigenvalue weighted by atomic mass is 79.9. The van der Waals surface area contributed by atoms with Crippen LogP contribution >= 0.6 is 27.3 Å². The van der Waals surface area contributed by atoms with Crippen molar-refractivity contribution in [2.75, 3.05) is 13.1 Å². The van der Waals surface area contributed by atoms with E-state index in [1.54, 1.807) is 6.07 Å². The molecule has 0 amide bonds. The molecule has 1 atom stereocenters. The Bertz CT molecular complexity index is 430. The minimum Gasteiger partial charge on any atom is -0.480 e. The van der Waals surface area contributed by atoms with Gasteiger partial charge < -0.3 is 10.4 Å². The number of carboxylic acid groups (broad SMARTS) is 1. The Balaban J connectivity index is 2.50. The van der Waals surface area contributed by atoms with Gasteiger partial charge in [0.05, 0.1) is 0 Å². The highest BCUT2D eigenvalue weighted by molar-refractivity contribution is 9.10. The zero-order valence-corrected chi connectivity index (χ0v) is 11.2. The van der Waals surface area contributed by atoms with Gasteiger partial charge in [-0.1, -0.05) is 5.11 Å². The molecule has 0 radical (unpaired) electrons. The van der Waals surface area contributed by atoms with Crippen LogP contribution in [0.3, 0.4) is 0 Å². The Morgan fingerprint density at radius 2 is 2.53 bits per heavy atom. The zero-order valence-electron chi connectivity index (χ0n) is 8.84. The smallest absolute Gasteiger partial charge is 0.326 e. The second-order valence-electron chi connectivity index (χ2n) is 3.20. The van der Waals surface area contributed by atoms with Crippen molar-refractivity contribution in [2.24, 2.45) is 5.11 Å². The first-order valence-electron chi connectivity index (χ1n) is 4.86. The third-order valence-corrected chi connectivity index (χ3v) is 3.72. The van der Waals surface area contributed by atoms with Crippen LogP contribution in [0.2, 0.25) is 0 Å². The first kappa shape index (κ1) is 14.0. The number of thiophene rings is 1. The fourth-order valence-electron chi connectivity index (χ4n) is 1.23. The molecule has 1 aromatic heterocycles.